The van der Waals surface area contributed by atoms with Gasteiger partial charge in [0.2, 0.25) is 5.91 Å². The molecule has 2 heterocycles. The molecule has 1 aliphatic heterocycles. The van der Waals surface area contributed by atoms with Crippen molar-refractivity contribution < 1.29 is 4.79 Å². The van der Waals surface area contributed by atoms with Gasteiger partial charge in [0.15, 0.2) is 5.96 Å². The number of rotatable bonds is 5. The van der Waals surface area contributed by atoms with Gasteiger partial charge in [-0.05, 0) is 52.2 Å². The molecule has 0 aliphatic carbocycles. The first-order valence-electron chi connectivity index (χ1n) is 8.24. The van der Waals surface area contributed by atoms with Gasteiger partial charge in [-0.1, -0.05) is 12.1 Å². The van der Waals surface area contributed by atoms with Crippen LogP contribution in [-0.2, 0) is 17.9 Å². The Hall–Kier alpha value is -1.13. The Kier molecular flexibility index (Phi) is 8.36. The van der Waals surface area contributed by atoms with Crippen molar-refractivity contribution in [3.8, 4) is 0 Å². The predicted octanol–water partition coefficient (Wildman–Crippen LogP) is 4.12. The number of nitrogens with zero attached hydrogens (tertiary/aromatic N) is 2. The molecule has 1 aromatic carbocycles. The van der Waals surface area contributed by atoms with Crippen LogP contribution in [0.3, 0.4) is 0 Å². The van der Waals surface area contributed by atoms with Crippen LogP contribution in [0.15, 0.2) is 45.2 Å². The van der Waals surface area contributed by atoms with E-state index in [1.807, 2.05) is 23.1 Å². The minimum absolute atomic E-state index is 0. The molecule has 140 valence electrons. The molecular weight excluding hydrogens is 527 g/mol. The Bertz CT molecular complexity index is 763. The Balaban J connectivity index is 0.00000243. The zero-order chi connectivity index (χ0) is 17.6. The van der Waals surface area contributed by atoms with E-state index in [0.29, 0.717) is 13.0 Å². The number of aliphatic imine (C=N–C) groups is 1. The number of hydrogen-bond donors (Lipinski definition) is 2. The molecule has 2 aromatic rings. The molecule has 2 N–H and O–H groups in total. The number of carbonyl (C=O) groups is 1. The van der Waals surface area contributed by atoms with E-state index >= 15 is 0 Å². The van der Waals surface area contributed by atoms with Crippen LogP contribution in [0.5, 0.6) is 0 Å². The highest BCUT2D eigenvalue weighted by molar-refractivity contribution is 14.0. The van der Waals surface area contributed by atoms with Crippen LogP contribution < -0.4 is 15.5 Å². The standard InChI is InChI=1S/C18H21BrN4OS.HI/c1-20-18(22-12-15-8-9-16(19)25-15)21-11-13-4-6-14(7-5-13)23-10-2-3-17(23)24;/h4-9H,2-3,10-12H2,1H3,(H2,20,21,22);1H. The van der Waals surface area contributed by atoms with E-state index in [4.69, 9.17) is 0 Å². The molecule has 26 heavy (non-hydrogen) atoms. The highest BCUT2D eigenvalue weighted by Crippen LogP contribution is 2.22. The first kappa shape index (κ1) is 21.2. The molecular formula is C18H22BrIN4OS. The van der Waals surface area contributed by atoms with Gasteiger partial charge in [0.25, 0.3) is 0 Å². The lowest BCUT2D eigenvalue weighted by molar-refractivity contribution is -0.117. The molecule has 5 nitrogen and oxygen atoms in total. The molecule has 1 fully saturated rings. The summed E-state index contributed by atoms with van der Waals surface area (Å²) in [7, 11) is 1.77. The zero-order valence-corrected chi connectivity index (χ0v) is 19.2. The summed E-state index contributed by atoms with van der Waals surface area (Å²) in [4.78, 5) is 19.1. The molecule has 1 aromatic heterocycles. The number of nitrogens with one attached hydrogen (secondary N) is 2. The average molecular weight is 549 g/mol. The third-order valence-corrected chi connectivity index (χ3v) is 5.69. The maximum Gasteiger partial charge on any atom is 0.227 e. The Morgan fingerprint density at radius 1 is 1.19 bits per heavy atom. The van der Waals surface area contributed by atoms with Crippen molar-refractivity contribution in [3.63, 3.8) is 0 Å². The van der Waals surface area contributed by atoms with E-state index in [1.54, 1.807) is 18.4 Å². The van der Waals surface area contributed by atoms with Crippen molar-refractivity contribution >= 4 is 68.8 Å². The minimum atomic E-state index is 0. The van der Waals surface area contributed by atoms with E-state index in [-0.39, 0.29) is 29.9 Å². The topological polar surface area (TPSA) is 56.7 Å². The van der Waals surface area contributed by atoms with Crippen molar-refractivity contribution in [3.05, 3.63) is 50.6 Å². The van der Waals surface area contributed by atoms with Crippen molar-refractivity contribution in [2.75, 3.05) is 18.5 Å². The van der Waals surface area contributed by atoms with Crippen LogP contribution in [0.4, 0.5) is 5.69 Å². The van der Waals surface area contributed by atoms with Crippen LogP contribution in [0.1, 0.15) is 23.3 Å². The van der Waals surface area contributed by atoms with Crippen LogP contribution in [0, 0.1) is 0 Å². The van der Waals surface area contributed by atoms with Gasteiger partial charge in [-0.3, -0.25) is 9.79 Å². The maximum atomic E-state index is 11.8. The number of halogens is 2. The number of amides is 1. The number of guanidine groups is 1. The summed E-state index contributed by atoms with van der Waals surface area (Å²) in [6.07, 6.45) is 1.61. The monoisotopic (exact) mass is 548 g/mol. The first-order valence-corrected chi connectivity index (χ1v) is 9.84. The van der Waals surface area contributed by atoms with Crippen LogP contribution in [-0.4, -0.2) is 25.5 Å². The summed E-state index contributed by atoms with van der Waals surface area (Å²) in [5.41, 5.74) is 2.13. The predicted molar refractivity (Wildman–Crippen MR) is 123 cm³/mol. The number of anilines is 1. The van der Waals surface area contributed by atoms with E-state index in [2.05, 4.69) is 49.8 Å². The summed E-state index contributed by atoms with van der Waals surface area (Å²) in [5.74, 6) is 0.985. The summed E-state index contributed by atoms with van der Waals surface area (Å²) in [5, 5.41) is 6.62. The average Bonchev–Trinajstić information content (AvgIpc) is 3.24. The second-order valence-electron chi connectivity index (χ2n) is 5.80. The smallest absolute Gasteiger partial charge is 0.227 e. The lowest BCUT2D eigenvalue weighted by Gasteiger charge is -2.16. The van der Waals surface area contributed by atoms with Crippen molar-refractivity contribution in [2.24, 2.45) is 4.99 Å². The lowest BCUT2D eigenvalue weighted by atomic mass is 10.2. The highest BCUT2D eigenvalue weighted by atomic mass is 127. The van der Waals surface area contributed by atoms with Gasteiger partial charge < -0.3 is 15.5 Å². The third kappa shape index (κ3) is 5.68. The molecule has 8 heteroatoms. The number of thiophene rings is 1. The normalized spacial score (nSPS) is 14.3. The van der Waals surface area contributed by atoms with E-state index in [1.165, 1.54) is 4.88 Å². The molecule has 0 saturated carbocycles. The van der Waals surface area contributed by atoms with Crippen molar-refractivity contribution in [1.82, 2.24) is 10.6 Å². The Labute approximate surface area is 183 Å². The zero-order valence-electron chi connectivity index (χ0n) is 14.5. The fraction of sp³-hybridized carbons (Fsp3) is 0.333. The summed E-state index contributed by atoms with van der Waals surface area (Å²) in [6.45, 7) is 2.25. The molecule has 0 spiro atoms. The van der Waals surface area contributed by atoms with E-state index in [9.17, 15) is 4.79 Å². The van der Waals surface area contributed by atoms with Gasteiger partial charge in [0.05, 0.1) is 10.3 Å². The molecule has 0 atom stereocenters. The number of benzene rings is 1. The van der Waals surface area contributed by atoms with Gasteiger partial charge in [-0.2, -0.15) is 0 Å². The SMILES string of the molecule is CN=C(NCc1ccc(N2CCCC2=O)cc1)NCc1ccc(Br)s1.I. The summed E-state index contributed by atoms with van der Waals surface area (Å²) < 4.78 is 1.13. The second kappa shape index (κ2) is 10.3. The summed E-state index contributed by atoms with van der Waals surface area (Å²) in [6, 6.07) is 12.3. The van der Waals surface area contributed by atoms with Gasteiger partial charge in [-0.25, -0.2) is 0 Å². The fourth-order valence-corrected chi connectivity index (χ4v) is 4.16. The minimum Gasteiger partial charge on any atom is -0.352 e. The van der Waals surface area contributed by atoms with Crippen LogP contribution in [0.25, 0.3) is 0 Å². The van der Waals surface area contributed by atoms with E-state index in [0.717, 1.165) is 40.5 Å². The van der Waals surface area contributed by atoms with E-state index < -0.39 is 0 Å². The molecule has 1 aliphatic rings. The quantitative estimate of drug-likeness (QED) is 0.336. The first-order chi connectivity index (χ1) is 12.2. The fourth-order valence-electron chi connectivity index (χ4n) is 2.74. The molecule has 1 saturated heterocycles. The van der Waals surface area contributed by atoms with Crippen LogP contribution in [0.2, 0.25) is 0 Å². The third-order valence-electron chi connectivity index (χ3n) is 4.06. The second-order valence-corrected chi connectivity index (χ2v) is 8.35. The molecule has 0 radical (unpaired) electrons. The van der Waals surface area contributed by atoms with Gasteiger partial charge in [0.1, 0.15) is 0 Å². The van der Waals surface area contributed by atoms with Crippen molar-refractivity contribution in [1.29, 1.82) is 0 Å². The van der Waals surface area contributed by atoms with Crippen molar-refractivity contribution in [2.45, 2.75) is 25.9 Å². The summed E-state index contributed by atoms with van der Waals surface area (Å²) >= 11 is 5.18. The molecule has 3 rings (SSSR count). The van der Waals surface area contributed by atoms with Gasteiger partial charge >= 0.3 is 0 Å². The van der Waals surface area contributed by atoms with Crippen LogP contribution >= 0.6 is 51.2 Å². The number of hydrogen-bond acceptors (Lipinski definition) is 3. The van der Waals surface area contributed by atoms with Gasteiger partial charge in [0, 0.05) is 37.1 Å². The molecule has 0 unspecified atom stereocenters. The van der Waals surface area contributed by atoms with Gasteiger partial charge in [-0.15, -0.1) is 35.3 Å². The highest BCUT2D eigenvalue weighted by Gasteiger charge is 2.21. The maximum absolute atomic E-state index is 11.8. The molecule has 1 amide bonds. The number of carbonyl (C=O) groups excluding carboxylic acids is 1. The largest absolute Gasteiger partial charge is 0.352 e. The lowest BCUT2D eigenvalue weighted by Crippen LogP contribution is -2.36. The Morgan fingerprint density at radius 2 is 1.92 bits per heavy atom. The Morgan fingerprint density at radius 3 is 2.50 bits per heavy atom. The molecule has 0 bridgehead atoms.